The third kappa shape index (κ3) is 5.55. The van der Waals surface area contributed by atoms with Crippen LogP contribution in [0.4, 0.5) is 0 Å². The summed E-state index contributed by atoms with van der Waals surface area (Å²) in [6.45, 7) is 5.99. The molecule has 1 saturated heterocycles. The minimum absolute atomic E-state index is 0.0582. The SMILES string of the molecule is COc1ccc(CCN2CCC[C@H](CN(C)C(=O)c3ccc(C)nc3)C2)cc1. The smallest absolute Gasteiger partial charge is 0.255 e. The van der Waals surface area contributed by atoms with Gasteiger partial charge in [-0.15, -0.1) is 0 Å². The number of likely N-dealkylation sites (tertiary alicyclic amines) is 1. The summed E-state index contributed by atoms with van der Waals surface area (Å²) in [5, 5.41) is 0. The maximum absolute atomic E-state index is 12.6. The molecule has 0 N–H and O–H groups in total. The van der Waals surface area contributed by atoms with Crippen LogP contribution in [0.25, 0.3) is 0 Å². The average Bonchev–Trinajstić information content (AvgIpc) is 2.73. The molecule has 5 heteroatoms. The Morgan fingerprint density at radius 2 is 2.04 bits per heavy atom. The number of benzene rings is 1. The van der Waals surface area contributed by atoms with E-state index in [1.54, 1.807) is 13.3 Å². The number of rotatable bonds is 7. The zero-order valence-corrected chi connectivity index (χ0v) is 17.2. The van der Waals surface area contributed by atoms with Crippen LogP contribution in [0.1, 0.15) is 34.5 Å². The van der Waals surface area contributed by atoms with Crippen molar-refractivity contribution in [3.05, 3.63) is 59.4 Å². The molecule has 2 aromatic rings. The molecule has 3 rings (SSSR count). The van der Waals surface area contributed by atoms with Gasteiger partial charge in [0.1, 0.15) is 5.75 Å². The maximum Gasteiger partial charge on any atom is 0.255 e. The molecule has 1 aromatic carbocycles. The predicted molar refractivity (Wildman–Crippen MR) is 112 cm³/mol. The van der Waals surface area contributed by atoms with Crippen molar-refractivity contribution in [2.24, 2.45) is 5.92 Å². The van der Waals surface area contributed by atoms with Gasteiger partial charge in [0.2, 0.25) is 0 Å². The van der Waals surface area contributed by atoms with E-state index in [0.717, 1.165) is 44.0 Å². The molecule has 0 saturated carbocycles. The summed E-state index contributed by atoms with van der Waals surface area (Å²) in [4.78, 5) is 21.3. The zero-order valence-electron chi connectivity index (χ0n) is 17.2. The Kier molecular flexibility index (Phi) is 7.04. The van der Waals surface area contributed by atoms with Crippen LogP contribution >= 0.6 is 0 Å². The first-order valence-electron chi connectivity index (χ1n) is 10.1. The van der Waals surface area contributed by atoms with Crippen LogP contribution in [0.2, 0.25) is 0 Å². The van der Waals surface area contributed by atoms with Crippen molar-refractivity contribution < 1.29 is 9.53 Å². The van der Waals surface area contributed by atoms with Crippen LogP contribution in [0.5, 0.6) is 5.75 Å². The number of ether oxygens (including phenoxy) is 1. The van der Waals surface area contributed by atoms with Crippen molar-refractivity contribution in [1.82, 2.24) is 14.8 Å². The van der Waals surface area contributed by atoms with Crippen molar-refractivity contribution in [1.29, 1.82) is 0 Å². The third-order valence-electron chi connectivity index (χ3n) is 5.52. The number of nitrogens with zero attached hydrogens (tertiary/aromatic N) is 3. The molecule has 2 heterocycles. The summed E-state index contributed by atoms with van der Waals surface area (Å²) in [6, 6.07) is 12.1. The number of hydrogen-bond donors (Lipinski definition) is 0. The highest BCUT2D eigenvalue weighted by molar-refractivity contribution is 5.93. The Bertz CT molecular complexity index is 758. The molecular weight excluding hydrogens is 350 g/mol. The average molecular weight is 382 g/mol. The Labute approximate surface area is 168 Å². The van der Waals surface area contributed by atoms with Crippen molar-refractivity contribution in [2.75, 3.05) is 40.3 Å². The quantitative estimate of drug-likeness (QED) is 0.737. The summed E-state index contributed by atoms with van der Waals surface area (Å²) in [7, 11) is 3.60. The van der Waals surface area contributed by atoms with Crippen LogP contribution in [0.15, 0.2) is 42.6 Å². The summed E-state index contributed by atoms with van der Waals surface area (Å²) >= 11 is 0. The normalized spacial score (nSPS) is 17.3. The van der Waals surface area contributed by atoms with Gasteiger partial charge in [0, 0.05) is 38.6 Å². The molecule has 1 aliphatic heterocycles. The first kappa shape index (κ1) is 20.3. The number of piperidine rings is 1. The molecule has 0 aliphatic carbocycles. The van der Waals surface area contributed by atoms with Crippen LogP contribution in [-0.2, 0) is 6.42 Å². The van der Waals surface area contributed by atoms with E-state index in [9.17, 15) is 4.79 Å². The molecule has 1 aromatic heterocycles. The minimum atomic E-state index is 0.0582. The summed E-state index contributed by atoms with van der Waals surface area (Å²) in [5.41, 5.74) is 2.93. The van der Waals surface area contributed by atoms with Crippen LogP contribution in [-0.4, -0.2) is 61.0 Å². The Morgan fingerprint density at radius 3 is 2.71 bits per heavy atom. The second-order valence-corrected chi connectivity index (χ2v) is 7.78. The molecule has 28 heavy (non-hydrogen) atoms. The molecule has 0 radical (unpaired) electrons. The number of amides is 1. The van der Waals surface area contributed by atoms with E-state index in [2.05, 4.69) is 22.0 Å². The third-order valence-corrected chi connectivity index (χ3v) is 5.52. The number of pyridine rings is 1. The monoisotopic (exact) mass is 381 g/mol. The zero-order chi connectivity index (χ0) is 19.9. The molecule has 0 spiro atoms. The molecule has 1 aliphatic rings. The van der Waals surface area contributed by atoms with Gasteiger partial charge >= 0.3 is 0 Å². The van der Waals surface area contributed by atoms with E-state index < -0.39 is 0 Å². The highest BCUT2D eigenvalue weighted by Crippen LogP contribution is 2.19. The van der Waals surface area contributed by atoms with E-state index in [1.165, 1.54) is 18.4 Å². The molecule has 1 fully saturated rings. The molecule has 1 amide bonds. The first-order chi connectivity index (χ1) is 13.5. The second kappa shape index (κ2) is 9.69. The van der Waals surface area contributed by atoms with E-state index in [-0.39, 0.29) is 5.91 Å². The van der Waals surface area contributed by atoms with Gasteiger partial charge in [-0.3, -0.25) is 9.78 Å². The number of carbonyl (C=O) groups excluding carboxylic acids is 1. The Morgan fingerprint density at radius 1 is 1.25 bits per heavy atom. The predicted octanol–water partition coefficient (Wildman–Crippen LogP) is 3.43. The molecular formula is C23H31N3O2. The lowest BCUT2D eigenvalue weighted by Crippen LogP contribution is -2.42. The number of methoxy groups -OCH3 is 1. The van der Waals surface area contributed by atoms with Gasteiger partial charge in [-0.25, -0.2) is 0 Å². The Hall–Kier alpha value is -2.40. The minimum Gasteiger partial charge on any atom is -0.497 e. The van der Waals surface area contributed by atoms with E-state index in [4.69, 9.17) is 4.74 Å². The van der Waals surface area contributed by atoms with Crippen LogP contribution in [0, 0.1) is 12.8 Å². The summed E-state index contributed by atoms with van der Waals surface area (Å²) in [5.74, 6) is 1.48. The number of hydrogen-bond acceptors (Lipinski definition) is 4. The van der Waals surface area contributed by atoms with Crippen molar-refractivity contribution >= 4 is 5.91 Å². The fraction of sp³-hybridized carbons (Fsp3) is 0.478. The van der Waals surface area contributed by atoms with Crippen molar-refractivity contribution in [3.63, 3.8) is 0 Å². The second-order valence-electron chi connectivity index (χ2n) is 7.78. The van der Waals surface area contributed by atoms with Crippen LogP contribution in [0.3, 0.4) is 0 Å². The molecule has 1 atom stereocenters. The van der Waals surface area contributed by atoms with Crippen LogP contribution < -0.4 is 4.74 Å². The van der Waals surface area contributed by atoms with E-state index in [0.29, 0.717) is 11.5 Å². The standard InChI is InChI=1S/C23H31N3O2/c1-18-6-9-21(15-24-18)23(27)25(2)16-20-5-4-13-26(17-20)14-12-19-7-10-22(28-3)11-8-19/h6-11,15,20H,4-5,12-14,16-17H2,1-3H3/t20-/m1/s1. The molecule has 150 valence electrons. The van der Waals surface area contributed by atoms with Crippen molar-refractivity contribution in [3.8, 4) is 5.75 Å². The highest BCUT2D eigenvalue weighted by Gasteiger charge is 2.23. The lowest BCUT2D eigenvalue weighted by molar-refractivity contribution is 0.0730. The molecule has 0 unspecified atom stereocenters. The first-order valence-corrected chi connectivity index (χ1v) is 10.1. The number of aryl methyl sites for hydroxylation is 1. The number of aromatic nitrogens is 1. The van der Waals surface area contributed by atoms with Gasteiger partial charge in [-0.2, -0.15) is 0 Å². The molecule has 5 nitrogen and oxygen atoms in total. The van der Waals surface area contributed by atoms with Gasteiger partial charge in [-0.05, 0) is 68.5 Å². The van der Waals surface area contributed by atoms with E-state index in [1.807, 2.05) is 43.1 Å². The summed E-state index contributed by atoms with van der Waals surface area (Å²) < 4.78 is 5.23. The topological polar surface area (TPSA) is 45.7 Å². The largest absolute Gasteiger partial charge is 0.497 e. The summed E-state index contributed by atoms with van der Waals surface area (Å²) in [6.07, 6.45) is 5.10. The fourth-order valence-electron chi connectivity index (χ4n) is 3.87. The van der Waals surface area contributed by atoms with Gasteiger partial charge in [-0.1, -0.05) is 12.1 Å². The lowest BCUT2D eigenvalue weighted by atomic mass is 9.97. The van der Waals surface area contributed by atoms with Gasteiger partial charge in [0.15, 0.2) is 0 Å². The van der Waals surface area contributed by atoms with Gasteiger partial charge in [0.25, 0.3) is 5.91 Å². The number of carbonyl (C=O) groups is 1. The highest BCUT2D eigenvalue weighted by atomic mass is 16.5. The maximum atomic E-state index is 12.6. The lowest BCUT2D eigenvalue weighted by Gasteiger charge is -2.34. The van der Waals surface area contributed by atoms with E-state index >= 15 is 0 Å². The van der Waals surface area contributed by atoms with Gasteiger partial charge in [0.05, 0.1) is 12.7 Å². The fourth-order valence-corrected chi connectivity index (χ4v) is 3.87. The van der Waals surface area contributed by atoms with Gasteiger partial charge < -0.3 is 14.5 Å². The van der Waals surface area contributed by atoms with Crippen molar-refractivity contribution in [2.45, 2.75) is 26.2 Å². The Balaban J connectivity index is 1.48. The molecule has 0 bridgehead atoms.